The molecule has 100 valence electrons. The number of hydrogen-bond donors (Lipinski definition) is 1. The van der Waals surface area contributed by atoms with Crippen molar-refractivity contribution in [3.05, 3.63) is 56.9 Å². The monoisotopic (exact) mass is 261 g/mol. The van der Waals surface area contributed by atoms with Crippen LogP contribution in [0.25, 0.3) is 0 Å². The predicted molar refractivity (Wildman–Crippen MR) is 72.5 cm³/mol. The number of rotatable bonds is 3. The Morgan fingerprint density at radius 1 is 1.21 bits per heavy atom. The Bertz CT molecular complexity index is 664. The van der Waals surface area contributed by atoms with Gasteiger partial charge in [0.05, 0.1) is 13.7 Å². The Kier molecular flexibility index (Phi) is 3.41. The van der Waals surface area contributed by atoms with Crippen LogP contribution in [0.2, 0.25) is 0 Å². The smallest absolute Gasteiger partial charge is 0.331 e. The molecule has 6 nitrogen and oxygen atoms in total. The first-order valence-corrected chi connectivity index (χ1v) is 5.72. The van der Waals surface area contributed by atoms with Crippen molar-refractivity contribution in [2.45, 2.75) is 6.54 Å². The molecule has 0 aliphatic rings. The van der Waals surface area contributed by atoms with E-state index in [1.54, 1.807) is 38.4 Å². The molecular formula is C13H15N3O3. The third kappa shape index (κ3) is 2.52. The van der Waals surface area contributed by atoms with Crippen LogP contribution in [0.5, 0.6) is 5.75 Å². The SMILES string of the molecule is COc1ccc(Cn2c(=O)c(N)cn(C)c2=O)cc1. The maximum absolute atomic E-state index is 11.9. The largest absolute Gasteiger partial charge is 0.497 e. The minimum atomic E-state index is -0.473. The van der Waals surface area contributed by atoms with Crippen molar-refractivity contribution in [2.75, 3.05) is 12.8 Å². The molecule has 0 radical (unpaired) electrons. The fraction of sp³-hybridized carbons (Fsp3) is 0.231. The molecule has 0 saturated carbocycles. The molecule has 1 heterocycles. The first kappa shape index (κ1) is 12.9. The lowest BCUT2D eigenvalue weighted by Gasteiger charge is -2.09. The van der Waals surface area contributed by atoms with E-state index >= 15 is 0 Å². The van der Waals surface area contributed by atoms with E-state index in [9.17, 15) is 9.59 Å². The zero-order valence-corrected chi connectivity index (χ0v) is 10.8. The van der Waals surface area contributed by atoms with Gasteiger partial charge in [0, 0.05) is 13.2 Å². The summed E-state index contributed by atoms with van der Waals surface area (Å²) in [5.41, 5.74) is 5.59. The maximum Gasteiger partial charge on any atom is 0.331 e. The van der Waals surface area contributed by atoms with Gasteiger partial charge in [-0.15, -0.1) is 0 Å². The van der Waals surface area contributed by atoms with Crippen LogP contribution in [0.3, 0.4) is 0 Å². The second-order valence-corrected chi connectivity index (χ2v) is 4.22. The van der Waals surface area contributed by atoms with Crippen LogP contribution in [0.15, 0.2) is 40.1 Å². The number of benzene rings is 1. The highest BCUT2D eigenvalue weighted by Crippen LogP contribution is 2.11. The second kappa shape index (κ2) is 5.01. The van der Waals surface area contributed by atoms with Gasteiger partial charge in [0.1, 0.15) is 11.4 Å². The van der Waals surface area contributed by atoms with Crippen molar-refractivity contribution in [2.24, 2.45) is 7.05 Å². The number of hydrogen-bond acceptors (Lipinski definition) is 4. The summed E-state index contributed by atoms with van der Waals surface area (Å²) in [5.74, 6) is 0.719. The van der Waals surface area contributed by atoms with E-state index in [-0.39, 0.29) is 12.2 Å². The Hall–Kier alpha value is -2.50. The van der Waals surface area contributed by atoms with Crippen molar-refractivity contribution >= 4 is 5.69 Å². The number of nitrogens with zero attached hydrogens (tertiary/aromatic N) is 2. The van der Waals surface area contributed by atoms with Gasteiger partial charge in [-0.3, -0.25) is 9.36 Å². The van der Waals surface area contributed by atoms with Crippen LogP contribution in [0.4, 0.5) is 5.69 Å². The van der Waals surface area contributed by atoms with Gasteiger partial charge in [-0.25, -0.2) is 4.79 Å². The molecule has 2 N–H and O–H groups in total. The van der Waals surface area contributed by atoms with Gasteiger partial charge >= 0.3 is 5.69 Å². The van der Waals surface area contributed by atoms with Crippen LogP contribution in [-0.4, -0.2) is 16.2 Å². The molecule has 1 aromatic carbocycles. The Balaban J connectivity index is 2.43. The Labute approximate surface area is 109 Å². The highest BCUT2D eigenvalue weighted by molar-refractivity contribution is 5.32. The lowest BCUT2D eigenvalue weighted by molar-refractivity contribution is 0.414. The van der Waals surface area contributed by atoms with Crippen LogP contribution in [0, 0.1) is 0 Å². The minimum absolute atomic E-state index is 0.0515. The molecule has 0 spiro atoms. The fourth-order valence-corrected chi connectivity index (χ4v) is 1.81. The van der Waals surface area contributed by atoms with E-state index < -0.39 is 11.2 Å². The highest BCUT2D eigenvalue weighted by Gasteiger charge is 2.08. The van der Waals surface area contributed by atoms with Crippen molar-refractivity contribution in [3.8, 4) is 5.75 Å². The van der Waals surface area contributed by atoms with E-state index in [1.807, 2.05) is 0 Å². The maximum atomic E-state index is 11.9. The van der Waals surface area contributed by atoms with E-state index in [0.29, 0.717) is 0 Å². The minimum Gasteiger partial charge on any atom is -0.497 e. The molecule has 0 unspecified atom stereocenters. The number of anilines is 1. The molecule has 0 atom stereocenters. The zero-order valence-electron chi connectivity index (χ0n) is 10.8. The van der Waals surface area contributed by atoms with Gasteiger partial charge in [-0.05, 0) is 17.7 Å². The third-order valence-electron chi connectivity index (χ3n) is 2.86. The van der Waals surface area contributed by atoms with E-state index in [4.69, 9.17) is 10.5 Å². The third-order valence-corrected chi connectivity index (χ3v) is 2.86. The second-order valence-electron chi connectivity index (χ2n) is 4.22. The van der Waals surface area contributed by atoms with Crippen molar-refractivity contribution < 1.29 is 4.74 Å². The van der Waals surface area contributed by atoms with Crippen LogP contribution >= 0.6 is 0 Å². The predicted octanol–water partition coefficient (Wildman–Crippen LogP) is 0.186. The Morgan fingerprint density at radius 3 is 2.42 bits per heavy atom. The summed E-state index contributed by atoms with van der Waals surface area (Å²) in [5, 5.41) is 0. The first-order valence-electron chi connectivity index (χ1n) is 5.72. The standard InChI is InChI=1S/C13H15N3O3/c1-15-8-11(14)12(17)16(13(15)18)7-9-3-5-10(19-2)6-4-9/h3-6,8H,7,14H2,1-2H3. The highest BCUT2D eigenvalue weighted by atomic mass is 16.5. The lowest BCUT2D eigenvalue weighted by Crippen LogP contribution is -2.39. The van der Waals surface area contributed by atoms with E-state index in [1.165, 1.54) is 10.8 Å². The van der Waals surface area contributed by atoms with Crippen molar-refractivity contribution in [1.82, 2.24) is 9.13 Å². The lowest BCUT2D eigenvalue weighted by atomic mass is 10.2. The summed E-state index contributed by atoms with van der Waals surface area (Å²) in [6.07, 6.45) is 1.33. The summed E-state index contributed by atoms with van der Waals surface area (Å²) < 4.78 is 7.45. The van der Waals surface area contributed by atoms with Gasteiger partial charge < -0.3 is 15.0 Å². The summed E-state index contributed by atoms with van der Waals surface area (Å²) in [7, 11) is 3.13. The summed E-state index contributed by atoms with van der Waals surface area (Å²) in [4.78, 5) is 23.8. The number of aromatic nitrogens is 2. The molecule has 6 heteroatoms. The van der Waals surface area contributed by atoms with Crippen LogP contribution in [0.1, 0.15) is 5.56 Å². The average molecular weight is 261 g/mol. The molecule has 0 aliphatic carbocycles. The summed E-state index contributed by atoms with van der Waals surface area (Å²) in [6.45, 7) is 0.181. The van der Waals surface area contributed by atoms with Gasteiger partial charge in [0.15, 0.2) is 0 Å². The molecule has 2 aromatic rings. The molecule has 1 aromatic heterocycles. The number of nitrogens with two attached hydrogens (primary N) is 1. The van der Waals surface area contributed by atoms with Gasteiger partial charge in [0.25, 0.3) is 5.56 Å². The van der Waals surface area contributed by atoms with Crippen molar-refractivity contribution in [1.29, 1.82) is 0 Å². The molecular weight excluding hydrogens is 246 g/mol. The average Bonchev–Trinajstić information content (AvgIpc) is 2.42. The van der Waals surface area contributed by atoms with Gasteiger partial charge in [0.2, 0.25) is 0 Å². The zero-order chi connectivity index (χ0) is 14.0. The molecule has 0 aliphatic heterocycles. The molecule has 0 saturated heterocycles. The quantitative estimate of drug-likeness (QED) is 0.855. The van der Waals surface area contributed by atoms with E-state index in [0.717, 1.165) is 15.9 Å². The number of methoxy groups -OCH3 is 1. The molecule has 0 amide bonds. The topological polar surface area (TPSA) is 79.2 Å². The molecule has 19 heavy (non-hydrogen) atoms. The number of ether oxygens (including phenoxy) is 1. The van der Waals surface area contributed by atoms with Crippen molar-refractivity contribution in [3.63, 3.8) is 0 Å². The summed E-state index contributed by atoms with van der Waals surface area (Å²) >= 11 is 0. The van der Waals surface area contributed by atoms with Gasteiger partial charge in [-0.2, -0.15) is 0 Å². The normalized spacial score (nSPS) is 10.4. The molecule has 0 bridgehead atoms. The van der Waals surface area contributed by atoms with Gasteiger partial charge in [-0.1, -0.05) is 12.1 Å². The van der Waals surface area contributed by atoms with E-state index in [2.05, 4.69) is 0 Å². The number of aryl methyl sites for hydroxylation is 1. The molecule has 0 fully saturated rings. The van der Waals surface area contributed by atoms with Crippen LogP contribution in [-0.2, 0) is 13.6 Å². The number of nitrogen functional groups attached to an aromatic ring is 1. The van der Waals surface area contributed by atoms with Crippen LogP contribution < -0.4 is 21.7 Å². The Morgan fingerprint density at radius 2 is 1.84 bits per heavy atom. The molecule has 2 rings (SSSR count). The summed E-state index contributed by atoms with van der Waals surface area (Å²) in [6, 6.07) is 7.15. The first-order chi connectivity index (χ1) is 9.02. The fourth-order valence-electron chi connectivity index (χ4n) is 1.81.